The highest BCUT2D eigenvalue weighted by atomic mass is 32.2. The molecule has 0 aliphatic rings. The maximum absolute atomic E-state index is 12.8. The van der Waals surface area contributed by atoms with Crippen LogP contribution < -0.4 is 9.46 Å². The highest BCUT2D eigenvalue weighted by molar-refractivity contribution is 7.99. The zero-order valence-electron chi connectivity index (χ0n) is 16.6. The maximum atomic E-state index is 12.8. The molecular weight excluding hydrogens is 463 g/mol. The van der Waals surface area contributed by atoms with Crippen molar-refractivity contribution in [3.8, 4) is 29.4 Å². The lowest BCUT2D eigenvalue weighted by atomic mass is 10.1. The van der Waals surface area contributed by atoms with Crippen LogP contribution in [-0.4, -0.2) is 32.0 Å². The summed E-state index contributed by atoms with van der Waals surface area (Å²) in [6, 6.07) is 9.05. The standard InChI is InChI=1S/C21H16F3N3O3S2/c1-3-12-30-17-9-4-14(13-18(17)32(28,29)25-2)19-20(27-11-10-26-19)31-16-7-5-15(6-8-16)21(22,23)24/h1,4-11,13,25H,12H2,2H3. The summed E-state index contributed by atoms with van der Waals surface area (Å²) in [5, 5.41) is 0.386. The number of benzene rings is 2. The molecule has 11 heteroatoms. The lowest BCUT2D eigenvalue weighted by Crippen LogP contribution is -2.19. The Bertz CT molecular complexity index is 1260. The van der Waals surface area contributed by atoms with E-state index in [1.165, 1.54) is 43.7 Å². The second kappa shape index (κ2) is 9.60. The highest BCUT2D eigenvalue weighted by Crippen LogP contribution is 2.37. The Morgan fingerprint density at radius 3 is 2.44 bits per heavy atom. The molecule has 0 amide bonds. The number of nitrogens with zero attached hydrogens (tertiary/aromatic N) is 2. The van der Waals surface area contributed by atoms with Gasteiger partial charge in [-0.3, -0.25) is 4.98 Å². The van der Waals surface area contributed by atoms with Crippen molar-refractivity contribution >= 4 is 21.8 Å². The van der Waals surface area contributed by atoms with Crippen LogP contribution in [0.25, 0.3) is 11.3 Å². The molecule has 1 aromatic heterocycles. The number of terminal acetylenes is 1. The van der Waals surface area contributed by atoms with Gasteiger partial charge < -0.3 is 4.74 Å². The van der Waals surface area contributed by atoms with Gasteiger partial charge in [-0.05, 0) is 49.5 Å². The van der Waals surface area contributed by atoms with Crippen LogP contribution in [0.3, 0.4) is 0 Å². The molecule has 0 fully saturated rings. The summed E-state index contributed by atoms with van der Waals surface area (Å²) in [6.07, 6.45) is 3.63. The minimum absolute atomic E-state index is 0.0712. The van der Waals surface area contributed by atoms with Crippen LogP contribution in [0.5, 0.6) is 5.75 Å². The number of rotatable bonds is 7. The molecule has 0 atom stereocenters. The lowest BCUT2D eigenvalue weighted by molar-refractivity contribution is -0.137. The van der Waals surface area contributed by atoms with E-state index in [1.54, 1.807) is 6.07 Å². The highest BCUT2D eigenvalue weighted by Gasteiger charge is 2.30. The van der Waals surface area contributed by atoms with Crippen molar-refractivity contribution in [2.45, 2.75) is 21.0 Å². The number of sulfonamides is 1. The number of hydrogen-bond donors (Lipinski definition) is 1. The molecule has 0 spiro atoms. The van der Waals surface area contributed by atoms with Crippen LogP contribution in [0, 0.1) is 12.3 Å². The van der Waals surface area contributed by atoms with E-state index in [4.69, 9.17) is 11.2 Å². The third-order valence-electron chi connectivity index (χ3n) is 4.15. The van der Waals surface area contributed by atoms with E-state index < -0.39 is 21.8 Å². The van der Waals surface area contributed by atoms with Gasteiger partial charge in [0.05, 0.1) is 5.56 Å². The van der Waals surface area contributed by atoms with Gasteiger partial charge in [0.15, 0.2) is 0 Å². The van der Waals surface area contributed by atoms with Gasteiger partial charge in [-0.1, -0.05) is 17.7 Å². The van der Waals surface area contributed by atoms with Crippen molar-refractivity contribution in [2.24, 2.45) is 0 Å². The Balaban J connectivity index is 2.01. The Morgan fingerprint density at radius 2 is 1.81 bits per heavy atom. The van der Waals surface area contributed by atoms with Crippen LogP contribution in [0.15, 0.2) is 69.7 Å². The van der Waals surface area contributed by atoms with E-state index in [1.807, 2.05) is 0 Å². The topological polar surface area (TPSA) is 81.2 Å². The van der Waals surface area contributed by atoms with Crippen LogP contribution in [-0.2, 0) is 16.2 Å². The van der Waals surface area contributed by atoms with Gasteiger partial charge in [0.2, 0.25) is 10.0 Å². The average molecular weight is 480 g/mol. The molecule has 0 aliphatic heterocycles. The quantitative estimate of drug-likeness (QED) is 0.511. The molecule has 3 aromatic rings. The SMILES string of the molecule is C#CCOc1ccc(-c2nccnc2Sc2ccc(C(F)(F)F)cc2)cc1S(=O)(=O)NC. The molecule has 166 valence electrons. The summed E-state index contributed by atoms with van der Waals surface area (Å²) in [5.74, 6) is 2.35. The zero-order chi connectivity index (χ0) is 23.4. The number of aromatic nitrogens is 2. The van der Waals surface area contributed by atoms with Crippen molar-refractivity contribution in [2.75, 3.05) is 13.7 Å². The molecule has 6 nitrogen and oxygen atoms in total. The molecule has 0 bridgehead atoms. The lowest BCUT2D eigenvalue weighted by Gasteiger charge is -2.13. The molecule has 0 saturated carbocycles. The first-order valence-electron chi connectivity index (χ1n) is 8.96. The van der Waals surface area contributed by atoms with Crippen molar-refractivity contribution in [3.05, 3.63) is 60.4 Å². The van der Waals surface area contributed by atoms with Gasteiger partial charge in [-0.2, -0.15) is 13.2 Å². The molecule has 1 heterocycles. The van der Waals surface area contributed by atoms with Crippen molar-refractivity contribution in [1.82, 2.24) is 14.7 Å². The van der Waals surface area contributed by atoms with Gasteiger partial charge >= 0.3 is 6.18 Å². The number of ether oxygens (including phenoxy) is 1. The summed E-state index contributed by atoms with van der Waals surface area (Å²) in [7, 11) is -2.62. The largest absolute Gasteiger partial charge is 0.480 e. The molecule has 3 rings (SSSR count). The first kappa shape index (κ1) is 23.6. The Kier molecular flexibility index (Phi) is 7.08. The second-order valence-corrected chi connectivity index (χ2v) is 9.11. The van der Waals surface area contributed by atoms with Crippen LogP contribution in [0.1, 0.15) is 5.56 Å². The van der Waals surface area contributed by atoms with E-state index in [9.17, 15) is 21.6 Å². The average Bonchev–Trinajstić information content (AvgIpc) is 2.78. The van der Waals surface area contributed by atoms with E-state index in [-0.39, 0.29) is 17.3 Å². The number of alkyl halides is 3. The van der Waals surface area contributed by atoms with Gasteiger partial charge in [0.1, 0.15) is 28.0 Å². The minimum atomic E-state index is -4.43. The normalized spacial score (nSPS) is 11.7. The van der Waals surface area contributed by atoms with Crippen molar-refractivity contribution < 1.29 is 26.3 Å². The monoisotopic (exact) mass is 479 g/mol. The van der Waals surface area contributed by atoms with Crippen molar-refractivity contribution in [3.63, 3.8) is 0 Å². The summed E-state index contributed by atoms with van der Waals surface area (Å²) >= 11 is 1.10. The summed E-state index contributed by atoms with van der Waals surface area (Å²) in [6.45, 7) is -0.119. The van der Waals surface area contributed by atoms with E-state index in [0.29, 0.717) is 21.2 Å². The Hall–Kier alpha value is -3.07. The van der Waals surface area contributed by atoms with E-state index >= 15 is 0 Å². The fourth-order valence-electron chi connectivity index (χ4n) is 2.64. The van der Waals surface area contributed by atoms with Crippen LogP contribution >= 0.6 is 11.8 Å². The number of halogens is 3. The maximum Gasteiger partial charge on any atom is 0.416 e. The third-order valence-corrected chi connectivity index (χ3v) is 6.58. The van der Waals surface area contributed by atoms with Gasteiger partial charge in [-0.15, -0.1) is 6.42 Å². The summed E-state index contributed by atoms with van der Waals surface area (Å²) in [4.78, 5) is 8.93. The number of nitrogens with one attached hydrogen (secondary N) is 1. The molecule has 0 saturated heterocycles. The molecular formula is C21H16F3N3O3S2. The first-order chi connectivity index (χ1) is 15.2. The summed E-state index contributed by atoms with van der Waals surface area (Å²) in [5.41, 5.74) is 0.0218. The Morgan fingerprint density at radius 1 is 1.12 bits per heavy atom. The second-order valence-electron chi connectivity index (χ2n) is 6.20. The molecule has 0 aliphatic carbocycles. The van der Waals surface area contributed by atoms with E-state index in [2.05, 4.69) is 20.6 Å². The zero-order valence-corrected chi connectivity index (χ0v) is 18.2. The minimum Gasteiger partial charge on any atom is -0.480 e. The first-order valence-corrected chi connectivity index (χ1v) is 11.3. The molecule has 0 radical (unpaired) electrons. The molecule has 1 N–H and O–H groups in total. The van der Waals surface area contributed by atoms with Gasteiger partial charge in [0.25, 0.3) is 0 Å². The predicted octanol–water partition coefficient (Wildman–Crippen LogP) is 4.23. The molecule has 32 heavy (non-hydrogen) atoms. The Labute approximate surface area is 187 Å². The third kappa shape index (κ3) is 5.40. The smallest absolute Gasteiger partial charge is 0.416 e. The van der Waals surface area contributed by atoms with Gasteiger partial charge in [0, 0.05) is 22.9 Å². The fraction of sp³-hybridized carbons (Fsp3) is 0.143. The van der Waals surface area contributed by atoms with E-state index in [0.717, 1.165) is 23.9 Å². The molecule has 0 unspecified atom stereocenters. The predicted molar refractivity (Wildman–Crippen MR) is 114 cm³/mol. The number of hydrogen-bond acceptors (Lipinski definition) is 6. The molecule has 2 aromatic carbocycles. The van der Waals surface area contributed by atoms with Gasteiger partial charge in [-0.25, -0.2) is 18.1 Å². The van der Waals surface area contributed by atoms with Crippen molar-refractivity contribution in [1.29, 1.82) is 0 Å². The summed E-state index contributed by atoms with van der Waals surface area (Å²) < 4.78 is 70.9. The fourth-order valence-corrected chi connectivity index (χ4v) is 4.41. The van der Waals surface area contributed by atoms with Crippen LogP contribution in [0.4, 0.5) is 13.2 Å². The van der Waals surface area contributed by atoms with Crippen LogP contribution in [0.2, 0.25) is 0 Å².